The van der Waals surface area contributed by atoms with Gasteiger partial charge in [-0.1, -0.05) is 164 Å². The normalized spacial score (nSPS) is 14.3. The number of amidine groups is 2. The molecule has 232 valence electrons. The molecule has 1 atom stereocenters. The van der Waals surface area contributed by atoms with E-state index in [4.69, 9.17) is 14.4 Å². The van der Waals surface area contributed by atoms with E-state index < -0.39 is 6.17 Å². The molecule has 0 amide bonds. The average Bonchev–Trinajstić information content (AvgIpc) is 3.58. The molecule has 4 nitrogen and oxygen atoms in total. The molecule has 0 saturated carbocycles. The molecule has 1 N–H and O–H groups in total. The standard InChI is InChI=1S/C45H31N3O/c1-4-13-30(14-5-1)35-19-12-20-36(29-35)31-23-25-34(26-24-31)44-46-43(33-17-8-3-9-18-33)47-45(48-44)39-28-27-37(32-15-6-2-7-16-32)42-41(39)38-21-10-11-22-40(38)49-42/h1-29,45H,(H,46,47,48). The third-order valence-corrected chi connectivity index (χ3v) is 9.17. The first-order valence-corrected chi connectivity index (χ1v) is 16.5. The number of nitrogens with zero attached hydrogens (tertiary/aromatic N) is 2. The molecular formula is C45H31N3O. The summed E-state index contributed by atoms with van der Waals surface area (Å²) in [7, 11) is 0. The van der Waals surface area contributed by atoms with E-state index in [0.717, 1.165) is 61.2 Å². The van der Waals surface area contributed by atoms with Crippen molar-refractivity contribution in [2.24, 2.45) is 9.98 Å². The van der Waals surface area contributed by atoms with Crippen LogP contribution in [0.4, 0.5) is 0 Å². The maximum absolute atomic E-state index is 6.58. The quantitative estimate of drug-likeness (QED) is 0.199. The summed E-state index contributed by atoms with van der Waals surface area (Å²) in [5.41, 5.74) is 11.6. The van der Waals surface area contributed by atoms with E-state index in [1.165, 1.54) is 16.7 Å². The highest BCUT2D eigenvalue weighted by atomic mass is 16.3. The van der Waals surface area contributed by atoms with Gasteiger partial charge in [0, 0.05) is 33.0 Å². The number of nitrogens with one attached hydrogen (secondary N) is 1. The molecule has 0 aliphatic carbocycles. The predicted molar refractivity (Wildman–Crippen MR) is 202 cm³/mol. The van der Waals surface area contributed by atoms with Gasteiger partial charge in [0.05, 0.1) is 0 Å². The third kappa shape index (κ3) is 5.39. The van der Waals surface area contributed by atoms with Crippen molar-refractivity contribution in [3.63, 3.8) is 0 Å². The molecule has 0 radical (unpaired) electrons. The molecule has 0 bridgehead atoms. The van der Waals surface area contributed by atoms with Crippen LogP contribution in [0, 0.1) is 0 Å². The largest absolute Gasteiger partial charge is 0.455 e. The summed E-state index contributed by atoms with van der Waals surface area (Å²) in [4.78, 5) is 10.3. The smallest absolute Gasteiger partial charge is 0.159 e. The van der Waals surface area contributed by atoms with Crippen LogP contribution in [-0.4, -0.2) is 11.7 Å². The lowest BCUT2D eigenvalue weighted by molar-refractivity contribution is 0.663. The highest BCUT2D eigenvalue weighted by Crippen LogP contribution is 2.41. The monoisotopic (exact) mass is 629 g/mol. The fourth-order valence-corrected chi connectivity index (χ4v) is 6.73. The first-order chi connectivity index (χ1) is 24.3. The zero-order valence-corrected chi connectivity index (χ0v) is 26.6. The number of hydrogen-bond donors (Lipinski definition) is 1. The molecule has 8 aromatic rings. The molecule has 0 fully saturated rings. The summed E-state index contributed by atoms with van der Waals surface area (Å²) in [6.45, 7) is 0. The lowest BCUT2D eigenvalue weighted by Crippen LogP contribution is -2.33. The first-order valence-electron chi connectivity index (χ1n) is 16.5. The molecule has 1 unspecified atom stereocenters. The zero-order valence-electron chi connectivity index (χ0n) is 26.6. The minimum absolute atomic E-state index is 0.390. The Morgan fingerprint density at radius 3 is 1.76 bits per heavy atom. The van der Waals surface area contributed by atoms with Crippen molar-refractivity contribution >= 4 is 33.6 Å². The molecular weight excluding hydrogens is 599 g/mol. The Bertz CT molecular complexity index is 2500. The minimum Gasteiger partial charge on any atom is -0.455 e. The number of para-hydroxylation sites is 1. The molecule has 9 rings (SSSR count). The van der Waals surface area contributed by atoms with Crippen molar-refractivity contribution in [1.82, 2.24) is 5.32 Å². The van der Waals surface area contributed by atoms with E-state index in [-0.39, 0.29) is 0 Å². The van der Waals surface area contributed by atoms with E-state index >= 15 is 0 Å². The van der Waals surface area contributed by atoms with Gasteiger partial charge in [0.15, 0.2) is 5.84 Å². The molecule has 0 spiro atoms. The van der Waals surface area contributed by atoms with Crippen LogP contribution >= 0.6 is 0 Å². The van der Waals surface area contributed by atoms with E-state index in [2.05, 4.69) is 139 Å². The molecule has 7 aromatic carbocycles. The number of furan rings is 1. The van der Waals surface area contributed by atoms with Gasteiger partial charge in [-0.15, -0.1) is 0 Å². The van der Waals surface area contributed by atoms with Gasteiger partial charge in [-0.2, -0.15) is 0 Å². The van der Waals surface area contributed by atoms with Crippen LogP contribution in [0.1, 0.15) is 22.9 Å². The molecule has 2 heterocycles. The van der Waals surface area contributed by atoms with Crippen molar-refractivity contribution in [2.75, 3.05) is 0 Å². The van der Waals surface area contributed by atoms with E-state index in [1.807, 2.05) is 42.5 Å². The summed E-state index contributed by atoms with van der Waals surface area (Å²) in [5, 5.41) is 5.82. The fourth-order valence-electron chi connectivity index (χ4n) is 6.73. The Labute approximate surface area is 284 Å². The summed E-state index contributed by atoms with van der Waals surface area (Å²) in [6, 6.07) is 61.0. The van der Waals surface area contributed by atoms with E-state index in [9.17, 15) is 0 Å². The Balaban J connectivity index is 1.13. The molecule has 49 heavy (non-hydrogen) atoms. The second-order valence-corrected chi connectivity index (χ2v) is 12.2. The lowest BCUT2D eigenvalue weighted by atomic mass is 9.96. The molecule has 0 saturated heterocycles. The van der Waals surface area contributed by atoms with Crippen molar-refractivity contribution in [3.8, 4) is 33.4 Å². The lowest BCUT2D eigenvalue weighted by Gasteiger charge is -2.24. The summed E-state index contributed by atoms with van der Waals surface area (Å²) >= 11 is 0. The van der Waals surface area contributed by atoms with E-state index in [0.29, 0.717) is 5.84 Å². The van der Waals surface area contributed by atoms with E-state index in [1.54, 1.807) is 0 Å². The van der Waals surface area contributed by atoms with Crippen LogP contribution in [0.5, 0.6) is 0 Å². The summed E-state index contributed by atoms with van der Waals surface area (Å²) in [5.74, 6) is 1.46. The topological polar surface area (TPSA) is 49.9 Å². The predicted octanol–water partition coefficient (Wildman–Crippen LogP) is 11.1. The maximum Gasteiger partial charge on any atom is 0.159 e. The highest BCUT2D eigenvalue weighted by Gasteiger charge is 2.26. The van der Waals surface area contributed by atoms with Crippen molar-refractivity contribution in [2.45, 2.75) is 6.17 Å². The first kappa shape index (κ1) is 28.7. The van der Waals surface area contributed by atoms with Gasteiger partial charge in [0.1, 0.15) is 23.2 Å². The molecule has 4 heteroatoms. The second-order valence-electron chi connectivity index (χ2n) is 12.2. The van der Waals surface area contributed by atoms with Crippen molar-refractivity contribution in [3.05, 3.63) is 193 Å². The molecule has 1 aliphatic heterocycles. The Morgan fingerprint density at radius 2 is 1.04 bits per heavy atom. The Hall–Kier alpha value is -6.52. The number of benzene rings is 7. The minimum atomic E-state index is -0.390. The van der Waals surface area contributed by atoms with Gasteiger partial charge in [-0.05, 0) is 39.9 Å². The number of hydrogen-bond acceptors (Lipinski definition) is 4. The summed E-state index contributed by atoms with van der Waals surface area (Å²) in [6.07, 6.45) is -0.390. The molecule has 1 aliphatic rings. The fraction of sp³-hybridized carbons (Fsp3) is 0.0222. The number of fused-ring (bicyclic) bond motifs is 3. The van der Waals surface area contributed by atoms with Gasteiger partial charge in [-0.3, -0.25) is 0 Å². The SMILES string of the molecule is c1ccc(C2=NC(c3ccc(-c4ccccc4)c4oc5ccccc5c34)NC(c3ccc(-c4cccc(-c5ccccc5)c4)cc3)=N2)cc1. The van der Waals surface area contributed by atoms with Crippen LogP contribution < -0.4 is 5.32 Å². The van der Waals surface area contributed by atoms with Crippen LogP contribution in [0.3, 0.4) is 0 Å². The zero-order chi connectivity index (χ0) is 32.6. The van der Waals surface area contributed by atoms with Crippen LogP contribution in [0.25, 0.3) is 55.3 Å². The van der Waals surface area contributed by atoms with Gasteiger partial charge in [0.25, 0.3) is 0 Å². The molecule has 1 aromatic heterocycles. The van der Waals surface area contributed by atoms with Gasteiger partial charge in [0.2, 0.25) is 0 Å². The third-order valence-electron chi connectivity index (χ3n) is 9.17. The van der Waals surface area contributed by atoms with Crippen molar-refractivity contribution < 1.29 is 4.42 Å². The summed E-state index contributed by atoms with van der Waals surface area (Å²) < 4.78 is 6.58. The van der Waals surface area contributed by atoms with Gasteiger partial charge < -0.3 is 9.73 Å². The van der Waals surface area contributed by atoms with Gasteiger partial charge in [-0.25, -0.2) is 9.98 Å². The second kappa shape index (κ2) is 12.3. The average molecular weight is 630 g/mol. The number of rotatable bonds is 6. The Kier molecular flexibility index (Phi) is 7.17. The van der Waals surface area contributed by atoms with Crippen LogP contribution in [0.2, 0.25) is 0 Å². The van der Waals surface area contributed by atoms with Gasteiger partial charge >= 0.3 is 0 Å². The van der Waals surface area contributed by atoms with Crippen LogP contribution in [-0.2, 0) is 0 Å². The van der Waals surface area contributed by atoms with Crippen molar-refractivity contribution in [1.29, 1.82) is 0 Å². The number of aliphatic imine (C=N–C) groups is 2. The van der Waals surface area contributed by atoms with Crippen LogP contribution in [0.15, 0.2) is 190 Å². The Morgan fingerprint density at radius 1 is 0.469 bits per heavy atom. The highest BCUT2D eigenvalue weighted by molar-refractivity contribution is 6.15. The maximum atomic E-state index is 6.58.